The van der Waals surface area contributed by atoms with Crippen molar-refractivity contribution in [3.8, 4) is 11.5 Å². The van der Waals surface area contributed by atoms with Gasteiger partial charge in [0.15, 0.2) is 0 Å². The average molecular weight is 274 g/mol. The quantitative estimate of drug-likeness (QED) is 0.871. The van der Waals surface area contributed by atoms with Gasteiger partial charge in [-0.25, -0.2) is 0 Å². The number of rotatable bonds is 5. The van der Waals surface area contributed by atoms with Crippen LogP contribution in [0.2, 0.25) is 0 Å². The number of nitrogens with one attached hydrogen (secondary N) is 1. The highest BCUT2D eigenvalue weighted by Crippen LogP contribution is 2.21. The minimum atomic E-state index is -0.880. The molecule has 0 saturated heterocycles. The van der Waals surface area contributed by atoms with E-state index in [0.29, 0.717) is 18.0 Å². The molecular weight excluding hydrogens is 256 g/mol. The third-order valence-corrected chi connectivity index (χ3v) is 3.02. The minimum absolute atomic E-state index is 0.206. The topological polar surface area (TPSA) is 94.0 Å². The Bertz CT molecular complexity index is 579. The summed E-state index contributed by atoms with van der Waals surface area (Å²) in [6.07, 6.45) is 2.74. The van der Waals surface area contributed by atoms with Crippen molar-refractivity contribution in [1.82, 2.24) is 10.2 Å². The number of carbonyl (C=O) groups is 1. The molecule has 3 N–H and O–H groups in total. The molecule has 2 rings (SSSR count). The molecular formula is C14H18N4O2. The van der Waals surface area contributed by atoms with Crippen molar-refractivity contribution in [1.29, 1.82) is 0 Å². The first-order chi connectivity index (χ1) is 9.53. The van der Waals surface area contributed by atoms with Crippen LogP contribution in [0.4, 0.5) is 5.69 Å². The Labute approximate surface area is 117 Å². The molecule has 0 saturated carbocycles. The third-order valence-electron chi connectivity index (χ3n) is 3.02. The van der Waals surface area contributed by atoms with Crippen molar-refractivity contribution < 1.29 is 9.21 Å². The fourth-order valence-electron chi connectivity index (χ4n) is 1.94. The van der Waals surface area contributed by atoms with Crippen LogP contribution in [0.25, 0.3) is 11.5 Å². The molecule has 0 aliphatic rings. The van der Waals surface area contributed by atoms with Crippen molar-refractivity contribution >= 4 is 11.6 Å². The van der Waals surface area contributed by atoms with Crippen LogP contribution >= 0.6 is 0 Å². The van der Waals surface area contributed by atoms with Crippen molar-refractivity contribution in [3.63, 3.8) is 0 Å². The monoisotopic (exact) mass is 274 g/mol. The lowest BCUT2D eigenvalue weighted by Crippen LogP contribution is -2.48. The van der Waals surface area contributed by atoms with Gasteiger partial charge in [0.25, 0.3) is 0 Å². The number of aromatic nitrogens is 2. The summed E-state index contributed by atoms with van der Waals surface area (Å²) in [5.74, 6) is 0.201. The van der Waals surface area contributed by atoms with E-state index >= 15 is 0 Å². The number of carbonyl (C=O) groups excluding carboxylic acids is 1. The van der Waals surface area contributed by atoms with Gasteiger partial charge in [-0.1, -0.05) is 19.4 Å². The molecule has 0 fully saturated rings. The molecule has 1 amide bonds. The number of hydrogen-bond donors (Lipinski definition) is 2. The van der Waals surface area contributed by atoms with Crippen molar-refractivity contribution in [2.75, 3.05) is 5.32 Å². The fraction of sp³-hybridized carbons (Fsp3) is 0.357. The number of nitrogens with two attached hydrogens (primary N) is 1. The van der Waals surface area contributed by atoms with Gasteiger partial charge in [0.1, 0.15) is 0 Å². The van der Waals surface area contributed by atoms with E-state index in [9.17, 15) is 4.79 Å². The normalized spacial score (nSPS) is 13.8. The molecule has 1 aromatic carbocycles. The number of amides is 1. The lowest BCUT2D eigenvalue weighted by atomic mass is 9.96. The average Bonchev–Trinajstić information content (AvgIpc) is 2.93. The molecule has 1 unspecified atom stereocenters. The molecule has 1 heterocycles. The molecule has 6 heteroatoms. The molecule has 6 nitrogen and oxygen atoms in total. The summed E-state index contributed by atoms with van der Waals surface area (Å²) < 4.78 is 5.13. The van der Waals surface area contributed by atoms with E-state index in [1.807, 2.05) is 19.1 Å². The van der Waals surface area contributed by atoms with Crippen LogP contribution in [-0.2, 0) is 4.79 Å². The summed E-state index contributed by atoms with van der Waals surface area (Å²) in [5.41, 5.74) is 6.51. The van der Waals surface area contributed by atoms with Gasteiger partial charge in [-0.3, -0.25) is 4.79 Å². The highest BCUT2D eigenvalue weighted by Gasteiger charge is 2.27. The van der Waals surface area contributed by atoms with Crippen LogP contribution in [0, 0.1) is 0 Å². The molecule has 1 aromatic heterocycles. The first kappa shape index (κ1) is 14.2. The SMILES string of the molecule is CCCC(C)(N)C(=O)Nc1cccc(-c2nnco2)c1. The summed E-state index contributed by atoms with van der Waals surface area (Å²) in [7, 11) is 0. The summed E-state index contributed by atoms with van der Waals surface area (Å²) in [6.45, 7) is 3.72. The third kappa shape index (κ3) is 3.21. The zero-order valence-corrected chi connectivity index (χ0v) is 11.6. The standard InChI is InChI=1S/C14H18N4O2/c1-3-7-14(2,15)13(19)17-11-6-4-5-10(8-11)12-18-16-9-20-12/h4-6,8-9H,3,7,15H2,1-2H3,(H,17,19). The van der Waals surface area contributed by atoms with Crippen LogP contribution in [-0.4, -0.2) is 21.6 Å². The van der Waals surface area contributed by atoms with Gasteiger partial charge in [0.05, 0.1) is 5.54 Å². The minimum Gasteiger partial charge on any atom is -0.423 e. The van der Waals surface area contributed by atoms with E-state index in [1.165, 1.54) is 6.39 Å². The maximum atomic E-state index is 12.1. The maximum absolute atomic E-state index is 12.1. The number of benzene rings is 1. The second-order valence-electron chi connectivity index (χ2n) is 4.95. The molecule has 2 aromatic rings. The van der Waals surface area contributed by atoms with E-state index in [0.717, 1.165) is 12.0 Å². The molecule has 1 atom stereocenters. The highest BCUT2D eigenvalue weighted by molar-refractivity contribution is 5.97. The lowest BCUT2D eigenvalue weighted by Gasteiger charge is -2.22. The Balaban J connectivity index is 2.14. The van der Waals surface area contributed by atoms with Crippen LogP contribution in [0.15, 0.2) is 35.1 Å². The highest BCUT2D eigenvalue weighted by atomic mass is 16.4. The second kappa shape index (κ2) is 5.83. The Kier molecular flexibility index (Phi) is 4.14. The molecule has 106 valence electrons. The van der Waals surface area contributed by atoms with E-state index in [2.05, 4.69) is 15.5 Å². The number of anilines is 1. The van der Waals surface area contributed by atoms with Crippen molar-refractivity contribution in [2.45, 2.75) is 32.2 Å². The van der Waals surface area contributed by atoms with Crippen LogP contribution in [0.1, 0.15) is 26.7 Å². The molecule has 0 spiro atoms. The number of hydrogen-bond acceptors (Lipinski definition) is 5. The Hall–Kier alpha value is -2.21. The molecule has 0 radical (unpaired) electrons. The summed E-state index contributed by atoms with van der Waals surface area (Å²) >= 11 is 0. The van der Waals surface area contributed by atoms with Crippen molar-refractivity contribution in [3.05, 3.63) is 30.7 Å². The van der Waals surface area contributed by atoms with Crippen LogP contribution in [0.5, 0.6) is 0 Å². The Morgan fingerprint density at radius 1 is 1.50 bits per heavy atom. The van der Waals surface area contributed by atoms with Gasteiger partial charge in [0, 0.05) is 11.3 Å². The fourth-order valence-corrected chi connectivity index (χ4v) is 1.94. The van der Waals surface area contributed by atoms with Gasteiger partial charge >= 0.3 is 0 Å². The van der Waals surface area contributed by atoms with Crippen LogP contribution in [0.3, 0.4) is 0 Å². The van der Waals surface area contributed by atoms with Gasteiger partial charge in [-0.2, -0.15) is 0 Å². The summed E-state index contributed by atoms with van der Waals surface area (Å²) in [6, 6.07) is 7.20. The van der Waals surface area contributed by atoms with E-state index < -0.39 is 5.54 Å². The van der Waals surface area contributed by atoms with Crippen molar-refractivity contribution in [2.24, 2.45) is 5.73 Å². The molecule has 0 aliphatic heterocycles. The smallest absolute Gasteiger partial charge is 0.247 e. The van der Waals surface area contributed by atoms with Crippen LogP contribution < -0.4 is 11.1 Å². The largest absolute Gasteiger partial charge is 0.423 e. The summed E-state index contributed by atoms with van der Waals surface area (Å²) in [5, 5.41) is 10.3. The lowest BCUT2D eigenvalue weighted by molar-refractivity contribution is -0.120. The summed E-state index contributed by atoms with van der Waals surface area (Å²) in [4.78, 5) is 12.1. The Morgan fingerprint density at radius 3 is 2.95 bits per heavy atom. The molecule has 0 aliphatic carbocycles. The Morgan fingerprint density at radius 2 is 2.30 bits per heavy atom. The number of nitrogens with zero attached hydrogens (tertiary/aromatic N) is 2. The first-order valence-corrected chi connectivity index (χ1v) is 6.50. The second-order valence-corrected chi connectivity index (χ2v) is 4.95. The zero-order valence-electron chi connectivity index (χ0n) is 11.6. The van der Waals surface area contributed by atoms with Gasteiger partial charge in [-0.15, -0.1) is 10.2 Å². The first-order valence-electron chi connectivity index (χ1n) is 6.50. The van der Waals surface area contributed by atoms with E-state index in [-0.39, 0.29) is 5.91 Å². The van der Waals surface area contributed by atoms with E-state index in [1.54, 1.807) is 19.1 Å². The predicted octanol–water partition coefficient (Wildman–Crippen LogP) is 2.19. The van der Waals surface area contributed by atoms with Gasteiger partial charge in [-0.05, 0) is 31.5 Å². The predicted molar refractivity (Wildman–Crippen MR) is 75.9 cm³/mol. The molecule has 0 bridgehead atoms. The van der Waals surface area contributed by atoms with Gasteiger partial charge in [0.2, 0.25) is 18.2 Å². The maximum Gasteiger partial charge on any atom is 0.247 e. The van der Waals surface area contributed by atoms with Gasteiger partial charge < -0.3 is 15.5 Å². The van der Waals surface area contributed by atoms with E-state index in [4.69, 9.17) is 10.2 Å². The zero-order chi connectivity index (χ0) is 14.6. The molecule has 20 heavy (non-hydrogen) atoms.